The van der Waals surface area contributed by atoms with Gasteiger partial charge in [-0.3, -0.25) is 4.79 Å². The van der Waals surface area contributed by atoms with Gasteiger partial charge in [0.1, 0.15) is 10.8 Å². The van der Waals surface area contributed by atoms with Gasteiger partial charge in [0, 0.05) is 25.4 Å². The molecule has 13 heteroatoms. The average Bonchev–Trinajstić information content (AvgIpc) is 2.99. The smallest absolute Gasteiger partial charge is 0.406 e. The maximum atomic E-state index is 12.4. The highest BCUT2D eigenvalue weighted by molar-refractivity contribution is 6.32. The number of benzene rings is 1. The summed E-state index contributed by atoms with van der Waals surface area (Å²) < 4.78 is 57.4. The van der Waals surface area contributed by atoms with Crippen LogP contribution in [0, 0.1) is 5.92 Å². The molecule has 2 unspecified atom stereocenters. The largest absolute Gasteiger partial charge is 0.573 e. The van der Waals surface area contributed by atoms with Crippen molar-refractivity contribution in [2.24, 2.45) is 5.92 Å². The molecule has 1 aliphatic carbocycles. The second-order valence-corrected chi connectivity index (χ2v) is 10.8. The first kappa shape index (κ1) is 31.4. The Balaban J connectivity index is 0.000000191. The highest BCUT2D eigenvalue weighted by Crippen LogP contribution is 2.28. The Kier molecular flexibility index (Phi) is 12.0. The molecular formula is C28H38ClF3N4O5. The number of hydrogen-bond donors (Lipinski definition) is 2. The van der Waals surface area contributed by atoms with Crippen LogP contribution in [0.1, 0.15) is 51.0 Å². The molecule has 3 aliphatic rings. The summed E-state index contributed by atoms with van der Waals surface area (Å²) in [5.41, 5.74) is 1.17. The zero-order valence-corrected chi connectivity index (χ0v) is 23.7. The fourth-order valence-electron chi connectivity index (χ4n) is 5.04. The third-order valence-corrected chi connectivity index (χ3v) is 7.57. The third-order valence-electron chi connectivity index (χ3n) is 7.21. The summed E-state index contributed by atoms with van der Waals surface area (Å²) in [6, 6.07) is 5.76. The van der Waals surface area contributed by atoms with Crippen molar-refractivity contribution in [3.8, 4) is 5.75 Å². The van der Waals surface area contributed by atoms with Gasteiger partial charge < -0.3 is 29.6 Å². The molecule has 2 aliphatic heterocycles. The van der Waals surface area contributed by atoms with Gasteiger partial charge in [-0.1, -0.05) is 30.9 Å². The second-order valence-electron chi connectivity index (χ2n) is 10.4. The van der Waals surface area contributed by atoms with E-state index in [1.807, 2.05) is 0 Å². The number of halogens is 4. The molecule has 41 heavy (non-hydrogen) atoms. The van der Waals surface area contributed by atoms with Crippen LogP contribution in [-0.2, 0) is 14.2 Å². The zero-order valence-electron chi connectivity index (χ0n) is 23.0. The monoisotopic (exact) mass is 602 g/mol. The third kappa shape index (κ3) is 10.4. The molecule has 0 spiro atoms. The molecule has 2 aromatic rings. The number of ether oxygens (including phenoxy) is 4. The van der Waals surface area contributed by atoms with E-state index in [0.29, 0.717) is 43.7 Å². The van der Waals surface area contributed by atoms with Gasteiger partial charge in [0.2, 0.25) is 0 Å². The highest BCUT2D eigenvalue weighted by Gasteiger charge is 2.31. The Bertz CT molecular complexity index is 1120. The van der Waals surface area contributed by atoms with Crippen molar-refractivity contribution in [1.82, 2.24) is 9.78 Å². The summed E-state index contributed by atoms with van der Waals surface area (Å²) in [7, 11) is 0. The van der Waals surface area contributed by atoms with E-state index in [1.165, 1.54) is 30.7 Å². The Hall–Kier alpha value is -2.54. The van der Waals surface area contributed by atoms with Crippen LogP contribution in [0.5, 0.6) is 5.75 Å². The lowest BCUT2D eigenvalue weighted by Crippen LogP contribution is -2.34. The molecule has 5 rings (SSSR count). The second kappa shape index (κ2) is 15.6. The summed E-state index contributed by atoms with van der Waals surface area (Å²) in [5.74, 6) is 0.237. The summed E-state index contributed by atoms with van der Waals surface area (Å²) in [6.07, 6.45) is 4.87. The predicted octanol–water partition coefficient (Wildman–Crippen LogP) is 5.65. The summed E-state index contributed by atoms with van der Waals surface area (Å²) in [6.45, 7) is 4.62. The van der Waals surface area contributed by atoms with Crippen LogP contribution in [-0.4, -0.2) is 68.4 Å². The van der Waals surface area contributed by atoms with E-state index in [9.17, 15) is 18.0 Å². The van der Waals surface area contributed by atoms with E-state index in [1.54, 1.807) is 10.9 Å². The summed E-state index contributed by atoms with van der Waals surface area (Å²) in [4.78, 5) is 12.4. The Morgan fingerprint density at radius 3 is 2.37 bits per heavy atom. The molecule has 0 radical (unpaired) electrons. The van der Waals surface area contributed by atoms with Crippen LogP contribution in [0.3, 0.4) is 0 Å². The first-order valence-electron chi connectivity index (χ1n) is 14.2. The highest BCUT2D eigenvalue weighted by atomic mass is 35.5. The van der Waals surface area contributed by atoms with E-state index in [2.05, 4.69) is 20.5 Å². The molecule has 3 fully saturated rings. The van der Waals surface area contributed by atoms with Gasteiger partial charge in [0.15, 0.2) is 0 Å². The number of alkyl halides is 3. The normalized spacial score (nSPS) is 21.9. The summed E-state index contributed by atoms with van der Waals surface area (Å²) >= 11 is 6.27. The first-order valence-corrected chi connectivity index (χ1v) is 14.5. The topological polar surface area (TPSA) is 95.9 Å². The van der Waals surface area contributed by atoms with Crippen molar-refractivity contribution in [2.45, 2.75) is 63.5 Å². The van der Waals surface area contributed by atoms with Crippen molar-refractivity contribution in [1.29, 1.82) is 0 Å². The van der Waals surface area contributed by atoms with E-state index >= 15 is 0 Å². The molecule has 2 atom stereocenters. The zero-order chi connectivity index (χ0) is 29.1. The molecule has 228 valence electrons. The van der Waals surface area contributed by atoms with Crippen LogP contribution in [0.4, 0.5) is 24.5 Å². The van der Waals surface area contributed by atoms with Crippen LogP contribution in [0.25, 0.3) is 0 Å². The molecule has 1 saturated carbocycles. The summed E-state index contributed by atoms with van der Waals surface area (Å²) in [5, 5.41) is 10.9. The molecular weight excluding hydrogens is 565 g/mol. The number of nitrogens with one attached hydrogen (secondary N) is 2. The lowest BCUT2D eigenvalue weighted by atomic mass is 9.96. The van der Waals surface area contributed by atoms with Gasteiger partial charge in [-0.2, -0.15) is 5.10 Å². The molecule has 9 nitrogen and oxygen atoms in total. The lowest BCUT2D eigenvalue weighted by molar-refractivity contribution is -0.274. The van der Waals surface area contributed by atoms with E-state index in [4.69, 9.17) is 25.8 Å². The number of hydrogen-bond acceptors (Lipinski definition) is 8. The molecule has 2 saturated heterocycles. The number of aromatic nitrogens is 2. The first-order chi connectivity index (χ1) is 19.8. The van der Waals surface area contributed by atoms with Crippen LogP contribution >= 0.6 is 11.6 Å². The van der Waals surface area contributed by atoms with Crippen molar-refractivity contribution >= 4 is 23.0 Å². The standard InChI is InChI=1S/C16H24ClN3O2.C12H14F3NO3/c17-15-14(18-9-12-5-4-8-22-11-12)10-19-20(16(15)21)13-6-2-1-3-7-13;13-12(14,15)19-10-3-1-9(2-4-10)16-7-11-8-17-5-6-18-11/h10,12-13,18H,1-9,11H2;1-4,11,16H,5-8H2. The van der Waals surface area contributed by atoms with E-state index in [-0.39, 0.29) is 28.5 Å². The predicted molar refractivity (Wildman–Crippen MR) is 150 cm³/mol. The van der Waals surface area contributed by atoms with Crippen LogP contribution < -0.4 is 20.9 Å². The van der Waals surface area contributed by atoms with Crippen molar-refractivity contribution in [2.75, 3.05) is 56.8 Å². The van der Waals surface area contributed by atoms with Gasteiger partial charge in [-0.05, 0) is 55.9 Å². The van der Waals surface area contributed by atoms with Gasteiger partial charge in [0.05, 0.1) is 50.5 Å². The van der Waals surface area contributed by atoms with Crippen molar-refractivity contribution in [3.05, 3.63) is 45.8 Å². The van der Waals surface area contributed by atoms with E-state index in [0.717, 1.165) is 58.3 Å². The molecule has 1 aromatic heterocycles. The minimum absolute atomic E-state index is 0.0418. The van der Waals surface area contributed by atoms with Crippen molar-refractivity contribution in [3.63, 3.8) is 0 Å². The van der Waals surface area contributed by atoms with E-state index < -0.39 is 6.36 Å². The van der Waals surface area contributed by atoms with Crippen molar-refractivity contribution < 1.29 is 32.1 Å². The van der Waals surface area contributed by atoms with Gasteiger partial charge in [-0.15, -0.1) is 13.2 Å². The Morgan fingerprint density at radius 2 is 1.71 bits per heavy atom. The Morgan fingerprint density at radius 1 is 0.951 bits per heavy atom. The number of nitrogens with zero attached hydrogens (tertiary/aromatic N) is 2. The number of anilines is 2. The average molecular weight is 603 g/mol. The van der Waals surface area contributed by atoms with Crippen LogP contribution in [0.15, 0.2) is 35.3 Å². The molecule has 3 heterocycles. The fourth-order valence-corrected chi connectivity index (χ4v) is 5.24. The SMILES string of the molecule is FC(F)(F)Oc1ccc(NCC2COCCO2)cc1.O=c1c(Cl)c(NCC2CCCOC2)cnn1C1CCCCC1. The van der Waals surface area contributed by atoms with Crippen LogP contribution in [0.2, 0.25) is 5.02 Å². The quantitative estimate of drug-likeness (QED) is 0.400. The van der Waals surface area contributed by atoms with Gasteiger partial charge in [0.25, 0.3) is 5.56 Å². The minimum Gasteiger partial charge on any atom is -0.406 e. The Labute approximate surface area is 242 Å². The molecule has 0 bridgehead atoms. The molecule has 2 N–H and O–H groups in total. The van der Waals surface area contributed by atoms with Gasteiger partial charge >= 0.3 is 6.36 Å². The minimum atomic E-state index is -4.66. The fraction of sp³-hybridized carbons (Fsp3) is 0.643. The molecule has 1 aromatic carbocycles. The lowest BCUT2D eigenvalue weighted by Gasteiger charge is -2.24. The number of rotatable bonds is 8. The maximum absolute atomic E-state index is 12.4. The maximum Gasteiger partial charge on any atom is 0.573 e. The van der Waals surface area contributed by atoms with Gasteiger partial charge in [-0.25, -0.2) is 4.68 Å². The molecule has 0 amide bonds.